The largest absolute Gasteiger partial charge is 0.333 e. The van der Waals surface area contributed by atoms with Gasteiger partial charge in [0.25, 0.3) is 0 Å². The molecule has 1 aliphatic heterocycles. The van der Waals surface area contributed by atoms with E-state index < -0.39 is 0 Å². The summed E-state index contributed by atoms with van der Waals surface area (Å²) in [6.45, 7) is 7.32. The van der Waals surface area contributed by atoms with Crippen LogP contribution in [0.25, 0.3) is 0 Å². The number of hydrogen-bond donors (Lipinski definition) is 1. The Morgan fingerprint density at radius 2 is 2.15 bits per heavy atom. The summed E-state index contributed by atoms with van der Waals surface area (Å²) in [5.41, 5.74) is 7.27. The molecule has 0 saturated carbocycles. The first kappa shape index (κ1) is 15.5. The zero-order chi connectivity index (χ0) is 14.5. The zero-order valence-electron chi connectivity index (χ0n) is 13.1. The molecule has 5 heteroatoms. The van der Waals surface area contributed by atoms with Gasteiger partial charge in [-0.15, -0.1) is 0 Å². The van der Waals surface area contributed by atoms with Gasteiger partial charge in [-0.25, -0.2) is 4.98 Å². The Labute approximate surface area is 122 Å². The fraction of sp³-hybridized carbons (Fsp3) is 0.800. The summed E-state index contributed by atoms with van der Waals surface area (Å²) in [5.74, 6) is 0.795. The average Bonchev–Trinajstić information content (AvgIpc) is 2.90. The van der Waals surface area contributed by atoms with Crippen molar-refractivity contribution < 1.29 is 0 Å². The summed E-state index contributed by atoms with van der Waals surface area (Å²) in [4.78, 5) is 9.11. The molecule has 0 aromatic carbocycles. The number of nitrogens with two attached hydrogens (primary N) is 1. The molecule has 1 unspecified atom stereocenters. The third kappa shape index (κ3) is 3.59. The predicted octanol–water partition coefficient (Wildman–Crippen LogP) is 1.18. The maximum absolute atomic E-state index is 6.02. The fourth-order valence-electron chi connectivity index (χ4n) is 3.18. The molecule has 5 nitrogen and oxygen atoms in total. The average molecular weight is 279 g/mol. The van der Waals surface area contributed by atoms with E-state index in [0.29, 0.717) is 6.54 Å². The van der Waals surface area contributed by atoms with Crippen LogP contribution in [0, 0.1) is 5.92 Å². The van der Waals surface area contributed by atoms with Gasteiger partial charge in [0.2, 0.25) is 0 Å². The van der Waals surface area contributed by atoms with E-state index in [1.807, 2.05) is 12.5 Å². The molecule has 0 radical (unpaired) electrons. The minimum Gasteiger partial charge on any atom is -0.333 e. The monoisotopic (exact) mass is 279 g/mol. The molecule has 1 saturated heterocycles. The van der Waals surface area contributed by atoms with Crippen LogP contribution >= 0.6 is 0 Å². The second-order valence-corrected chi connectivity index (χ2v) is 6.04. The highest BCUT2D eigenvalue weighted by Crippen LogP contribution is 2.23. The highest BCUT2D eigenvalue weighted by atomic mass is 15.2. The molecule has 0 spiro atoms. The summed E-state index contributed by atoms with van der Waals surface area (Å²) in [6, 6.07) is 0.275. The molecule has 114 valence electrons. The molecule has 20 heavy (non-hydrogen) atoms. The zero-order valence-corrected chi connectivity index (χ0v) is 13.1. The van der Waals surface area contributed by atoms with Crippen molar-refractivity contribution >= 4 is 0 Å². The third-order valence-electron chi connectivity index (χ3n) is 4.57. The lowest BCUT2D eigenvalue weighted by atomic mass is 9.96. The van der Waals surface area contributed by atoms with Crippen LogP contribution in [0.5, 0.6) is 0 Å². The number of piperidine rings is 1. The molecule has 0 aliphatic carbocycles. The van der Waals surface area contributed by atoms with E-state index in [2.05, 4.69) is 40.4 Å². The maximum atomic E-state index is 6.02. The highest BCUT2D eigenvalue weighted by Gasteiger charge is 2.24. The van der Waals surface area contributed by atoms with E-state index >= 15 is 0 Å². The maximum Gasteiger partial charge on any atom is 0.0948 e. The number of aromatic nitrogens is 2. The number of nitrogens with zero attached hydrogens (tertiary/aromatic N) is 4. The van der Waals surface area contributed by atoms with E-state index in [-0.39, 0.29) is 6.04 Å². The molecule has 1 aromatic heterocycles. The summed E-state index contributed by atoms with van der Waals surface area (Å²) < 4.78 is 2.20. The topological polar surface area (TPSA) is 50.3 Å². The summed E-state index contributed by atoms with van der Waals surface area (Å²) in [6.07, 6.45) is 6.46. The van der Waals surface area contributed by atoms with E-state index in [4.69, 9.17) is 5.73 Å². The molecule has 1 aromatic rings. The number of hydrogen-bond acceptors (Lipinski definition) is 4. The number of likely N-dealkylation sites (tertiary alicyclic amines) is 1. The van der Waals surface area contributed by atoms with E-state index in [1.165, 1.54) is 31.6 Å². The third-order valence-corrected chi connectivity index (χ3v) is 4.57. The van der Waals surface area contributed by atoms with Gasteiger partial charge in [-0.3, -0.25) is 4.90 Å². The second kappa shape index (κ2) is 7.20. The van der Waals surface area contributed by atoms with Crippen molar-refractivity contribution in [1.82, 2.24) is 19.4 Å². The van der Waals surface area contributed by atoms with Gasteiger partial charge in [0.15, 0.2) is 0 Å². The van der Waals surface area contributed by atoms with Gasteiger partial charge < -0.3 is 15.2 Å². The predicted molar refractivity (Wildman–Crippen MR) is 82.5 cm³/mol. The Morgan fingerprint density at radius 3 is 2.75 bits per heavy atom. The Kier molecular flexibility index (Phi) is 5.57. The molecule has 1 atom stereocenters. The van der Waals surface area contributed by atoms with Gasteiger partial charge in [-0.2, -0.15) is 0 Å². The molecule has 1 aliphatic rings. The van der Waals surface area contributed by atoms with Crippen molar-refractivity contribution in [3.05, 3.63) is 18.2 Å². The Hall–Kier alpha value is -0.910. The Balaban J connectivity index is 1.97. The Morgan fingerprint density at radius 1 is 1.45 bits per heavy atom. The number of likely N-dealkylation sites (N-methyl/N-ethyl adjacent to an activating group) is 1. The minimum atomic E-state index is 0.275. The van der Waals surface area contributed by atoms with Gasteiger partial charge in [-0.1, -0.05) is 0 Å². The van der Waals surface area contributed by atoms with Crippen molar-refractivity contribution in [2.45, 2.75) is 32.4 Å². The van der Waals surface area contributed by atoms with Crippen molar-refractivity contribution in [2.75, 3.05) is 40.3 Å². The number of rotatable bonds is 6. The molecular formula is C15H29N5. The lowest BCUT2D eigenvalue weighted by Crippen LogP contribution is -2.39. The van der Waals surface area contributed by atoms with Gasteiger partial charge >= 0.3 is 0 Å². The smallest absolute Gasteiger partial charge is 0.0948 e. The van der Waals surface area contributed by atoms with E-state index in [9.17, 15) is 0 Å². The van der Waals surface area contributed by atoms with Crippen molar-refractivity contribution in [3.8, 4) is 0 Å². The summed E-state index contributed by atoms with van der Waals surface area (Å²) in [7, 11) is 4.41. The van der Waals surface area contributed by atoms with Crippen LogP contribution in [0.4, 0.5) is 0 Å². The molecule has 0 bridgehead atoms. The lowest BCUT2D eigenvalue weighted by Gasteiger charge is -2.34. The second-order valence-electron chi connectivity index (χ2n) is 6.04. The van der Waals surface area contributed by atoms with Crippen LogP contribution < -0.4 is 5.73 Å². The van der Waals surface area contributed by atoms with Crippen molar-refractivity contribution in [3.63, 3.8) is 0 Å². The van der Waals surface area contributed by atoms with Crippen molar-refractivity contribution in [1.29, 1.82) is 0 Å². The standard InChI is InChI=1S/C15H29N5/c1-4-20-12-17-10-15(20)14(9-16)19(3)11-13-5-7-18(2)8-6-13/h10,12-14H,4-9,11,16H2,1-3H3. The van der Waals surface area contributed by atoms with Crippen LogP contribution in [-0.4, -0.2) is 59.6 Å². The van der Waals surface area contributed by atoms with Gasteiger partial charge in [0.05, 0.1) is 18.1 Å². The lowest BCUT2D eigenvalue weighted by molar-refractivity contribution is 0.149. The molecular weight excluding hydrogens is 250 g/mol. The highest BCUT2D eigenvalue weighted by molar-refractivity contribution is 5.06. The van der Waals surface area contributed by atoms with E-state index in [1.54, 1.807) is 0 Å². The SMILES string of the molecule is CCn1cncc1C(CN)N(C)CC1CCN(C)CC1. The molecule has 2 heterocycles. The van der Waals surface area contributed by atoms with Crippen LogP contribution in [0.2, 0.25) is 0 Å². The molecule has 0 amide bonds. The first-order chi connectivity index (χ1) is 9.65. The van der Waals surface area contributed by atoms with Crippen LogP contribution in [0.15, 0.2) is 12.5 Å². The molecule has 1 fully saturated rings. The molecule has 2 N–H and O–H groups in total. The van der Waals surface area contributed by atoms with Gasteiger partial charge in [0.1, 0.15) is 0 Å². The fourth-order valence-corrected chi connectivity index (χ4v) is 3.18. The van der Waals surface area contributed by atoms with Crippen LogP contribution in [0.3, 0.4) is 0 Å². The molecule has 2 rings (SSSR count). The van der Waals surface area contributed by atoms with Crippen molar-refractivity contribution in [2.24, 2.45) is 11.7 Å². The Bertz CT molecular complexity index is 395. The van der Waals surface area contributed by atoms with Gasteiger partial charge in [0, 0.05) is 25.8 Å². The van der Waals surface area contributed by atoms with Gasteiger partial charge in [-0.05, 0) is 52.9 Å². The minimum absolute atomic E-state index is 0.275. The summed E-state index contributed by atoms with van der Waals surface area (Å²) in [5, 5.41) is 0. The number of imidazole rings is 1. The first-order valence-electron chi connectivity index (χ1n) is 7.74. The van der Waals surface area contributed by atoms with Crippen LogP contribution in [0.1, 0.15) is 31.5 Å². The van der Waals surface area contributed by atoms with E-state index in [0.717, 1.165) is 19.0 Å². The number of aryl methyl sites for hydroxylation is 1. The normalized spacial score (nSPS) is 19.6. The quantitative estimate of drug-likeness (QED) is 0.849. The van der Waals surface area contributed by atoms with Crippen LogP contribution in [-0.2, 0) is 6.54 Å². The first-order valence-corrected chi connectivity index (χ1v) is 7.74. The summed E-state index contributed by atoms with van der Waals surface area (Å²) >= 11 is 0.